The lowest BCUT2D eigenvalue weighted by molar-refractivity contribution is 0.173. The summed E-state index contributed by atoms with van der Waals surface area (Å²) in [5, 5.41) is 0. The van der Waals surface area contributed by atoms with Gasteiger partial charge in [0.05, 0.1) is 0 Å². The van der Waals surface area contributed by atoms with Gasteiger partial charge in [0.25, 0.3) is 0 Å². The van der Waals surface area contributed by atoms with Crippen molar-refractivity contribution in [1.82, 2.24) is 0 Å². The van der Waals surface area contributed by atoms with Crippen molar-refractivity contribution in [2.45, 2.75) is 19.3 Å². The molecule has 0 aliphatic carbocycles. The summed E-state index contributed by atoms with van der Waals surface area (Å²) < 4.78 is 11.9. The average Bonchev–Trinajstić information content (AvgIpc) is 2.64. The van der Waals surface area contributed by atoms with E-state index >= 15 is 0 Å². The van der Waals surface area contributed by atoms with Crippen molar-refractivity contribution in [3.63, 3.8) is 0 Å². The molecule has 2 N–H and O–H groups in total. The molecule has 3 nitrogen and oxygen atoms in total. The first kappa shape index (κ1) is 10.8. The summed E-state index contributed by atoms with van der Waals surface area (Å²) in [6, 6.07) is 4.01. The molecule has 82 valence electrons. The third kappa shape index (κ3) is 2.11. The molecule has 1 atom stereocenters. The normalized spacial score (nSPS) is 15.4. The lowest BCUT2D eigenvalue weighted by atomic mass is 9.96. The Morgan fingerprint density at radius 3 is 3.00 bits per heavy atom. The number of hydrogen-bond donors (Lipinski definition) is 1. The first-order valence-corrected chi connectivity index (χ1v) is 5.80. The van der Waals surface area contributed by atoms with E-state index in [1.807, 2.05) is 6.07 Å². The second-order valence-corrected chi connectivity index (χ2v) is 4.62. The van der Waals surface area contributed by atoms with Crippen LogP contribution in [0.1, 0.15) is 24.8 Å². The van der Waals surface area contributed by atoms with Gasteiger partial charge < -0.3 is 15.2 Å². The summed E-state index contributed by atoms with van der Waals surface area (Å²) in [6.45, 7) is 3.15. The van der Waals surface area contributed by atoms with Crippen LogP contribution in [0.5, 0.6) is 11.5 Å². The van der Waals surface area contributed by atoms with Gasteiger partial charge in [-0.25, -0.2) is 0 Å². The Labute approximate surface area is 97.7 Å². The van der Waals surface area contributed by atoms with Gasteiger partial charge in [0.1, 0.15) is 0 Å². The predicted octanol–water partition coefficient (Wildman–Crippen LogP) is 2.63. The Bertz CT molecular complexity index is 368. The Morgan fingerprint density at radius 1 is 1.47 bits per heavy atom. The number of hydrogen-bond acceptors (Lipinski definition) is 3. The molecule has 1 unspecified atom stereocenters. The van der Waals surface area contributed by atoms with Gasteiger partial charge >= 0.3 is 0 Å². The highest BCUT2D eigenvalue weighted by atomic mass is 79.9. The van der Waals surface area contributed by atoms with E-state index in [2.05, 4.69) is 28.9 Å². The highest BCUT2D eigenvalue weighted by Gasteiger charge is 2.21. The molecule has 0 saturated heterocycles. The van der Waals surface area contributed by atoms with Gasteiger partial charge in [-0.1, -0.05) is 22.9 Å². The molecule has 15 heavy (non-hydrogen) atoms. The van der Waals surface area contributed by atoms with E-state index in [1.54, 1.807) is 0 Å². The van der Waals surface area contributed by atoms with Crippen LogP contribution in [0.15, 0.2) is 16.6 Å². The van der Waals surface area contributed by atoms with Crippen LogP contribution < -0.4 is 15.2 Å². The number of rotatable bonds is 3. The molecule has 0 radical (unpaired) electrons. The fraction of sp³-hybridized carbons (Fsp3) is 0.455. The van der Waals surface area contributed by atoms with Crippen molar-refractivity contribution in [1.29, 1.82) is 0 Å². The van der Waals surface area contributed by atoms with E-state index in [0.29, 0.717) is 19.3 Å². The SMILES string of the molecule is CC(CCN)c1cc(Br)cc2c1OCO2. The summed E-state index contributed by atoms with van der Waals surface area (Å²) in [7, 11) is 0. The molecule has 4 heteroatoms. The molecule has 0 saturated carbocycles. The van der Waals surface area contributed by atoms with Crippen LogP contribution in [0.25, 0.3) is 0 Å². The molecule has 1 aromatic carbocycles. The number of halogens is 1. The number of fused-ring (bicyclic) bond motifs is 1. The minimum atomic E-state index is 0.314. The summed E-state index contributed by atoms with van der Waals surface area (Å²) >= 11 is 3.47. The Morgan fingerprint density at radius 2 is 2.27 bits per heavy atom. The lowest BCUT2D eigenvalue weighted by Crippen LogP contribution is -2.05. The average molecular weight is 272 g/mol. The predicted molar refractivity (Wildman–Crippen MR) is 62.4 cm³/mol. The van der Waals surface area contributed by atoms with E-state index in [-0.39, 0.29) is 0 Å². The molecule has 2 rings (SSSR count). The maximum Gasteiger partial charge on any atom is 0.231 e. The van der Waals surface area contributed by atoms with E-state index < -0.39 is 0 Å². The van der Waals surface area contributed by atoms with Crippen molar-refractivity contribution < 1.29 is 9.47 Å². The molecule has 1 aliphatic heterocycles. The fourth-order valence-corrected chi connectivity index (χ4v) is 2.23. The zero-order valence-corrected chi connectivity index (χ0v) is 10.2. The molecule has 1 aromatic rings. The Kier molecular flexibility index (Phi) is 3.17. The smallest absolute Gasteiger partial charge is 0.231 e. The van der Waals surface area contributed by atoms with Crippen molar-refractivity contribution in [2.75, 3.05) is 13.3 Å². The van der Waals surface area contributed by atoms with Crippen LogP contribution in [-0.4, -0.2) is 13.3 Å². The van der Waals surface area contributed by atoms with Crippen molar-refractivity contribution in [2.24, 2.45) is 5.73 Å². The van der Waals surface area contributed by atoms with E-state index in [4.69, 9.17) is 15.2 Å². The second kappa shape index (κ2) is 4.41. The van der Waals surface area contributed by atoms with Crippen molar-refractivity contribution >= 4 is 15.9 Å². The van der Waals surface area contributed by atoms with Crippen LogP contribution in [0.3, 0.4) is 0 Å². The molecule has 0 aromatic heterocycles. The molecule has 0 fully saturated rings. The van der Waals surface area contributed by atoms with Gasteiger partial charge in [-0.05, 0) is 31.0 Å². The summed E-state index contributed by atoms with van der Waals surface area (Å²) in [6.07, 6.45) is 0.951. The van der Waals surface area contributed by atoms with Crippen molar-refractivity contribution in [3.05, 3.63) is 22.2 Å². The first-order chi connectivity index (χ1) is 7.22. The highest BCUT2D eigenvalue weighted by Crippen LogP contribution is 2.42. The van der Waals surface area contributed by atoms with Gasteiger partial charge in [-0.2, -0.15) is 0 Å². The molecule has 0 spiro atoms. The van der Waals surface area contributed by atoms with Crippen LogP contribution in [0.4, 0.5) is 0 Å². The van der Waals surface area contributed by atoms with Gasteiger partial charge in [-0.15, -0.1) is 0 Å². The largest absolute Gasteiger partial charge is 0.454 e. The molecule has 0 amide bonds. The third-order valence-electron chi connectivity index (χ3n) is 2.60. The van der Waals surface area contributed by atoms with Gasteiger partial charge in [0, 0.05) is 10.0 Å². The fourth-order valence-electron chi connectivity index (χ4n) is 1.77. The third-order valence-corrected chi connectivity index (χ3v) is 3.05. The van der Waals surface area contributed by atoms with Crippen molar-refractivity contribution in [3.8, 4) is 11.5 Å². The summed E-state index contributed by atoms with van der Waals surface area (Å²) in [5.74, 6) is 2.09. The van der Waals surface area contributed by atoms with Crippen LogP contribution in [0.2, 0.25) is 0 Å². The van der Waals surface area contributed by atoms with E-state index in [0.717, 1.165) is 22.4 Å². The Balaban J connectivity index is 2.37. The highest BCUT2D eigenvalue weighted by molar-refractivity contribution is 9.10. The molecule has 0 bridgehead atoms. The number of ether oxygens (including phenoxy) is 2. The Hall–Kier alpha value is -0.740. The second-order valence-electron chi connectivity index (χ2n) is 3.71. The molecule has 1 aliphatic rings. The molecule has 1 heterocycles. The quantitative estimate of drug-likeness (QED) is 0.919. The van der Waals surface area contributed by atoms with Crippen LogP contribution in [0, 0.1) is 0 Å². The number of benzene rings is 1. The minimum absolute atomic E-state index is 0.314. The zero-order valence-electron chi connectivity index (χ0n) is 8.63. The van der Waals surface area contributed by atoms with Crippen LogP contribution in [-0.2, 0) is 0 Å². The lowest BCUT2D eigenvalue weighted by Gasteiger charge is -2.13. The summed E-state index contributed by atoms with van der Waals surface area (Å²) in [4.78, 5) is 0. The standard InChI is InChI=1S/C11H14BrNO2/c1-7(2-3-13)9-4-8(12)5-10-11(9)15-6-14-10/h4-5,7H,2-3,6,13H2,1H3. The van der Waals surface area contributed by atoms with Gasteiger partial charge in [0.2, 0.25) is 6.79 Å². The maximum absolute atomic E-state index is 5.57. The van der Waals surface area contributed by atoms with Gasteiger partial charge in [0.15, 0.2) is 11.5 Å². The zero-order chi connectivity index (χ0) is 10.8. The topological polar surface area (TPSA) is 44.5 Å². The van der Waals surface area contributed by atoms with Crippen LogP contribution >= 0.6 is 15.9 Å². The monoisotopic (exact) mass is 271 g/mol. The minimum Gasteiger partial charge on any atom is -0.454 e. The van der Waals surface area contributed by atoms with E-state index in [9.17, 15) is 0 Å². The molecular formula is C11H14BrNO2. The van der Waals surface area contributed by atoms with Gasteiger partial charge in [-0.3, -0.25) is 0 Å². The maximum atomic E-state index is 5.57. The number of nitrogens with two attached hydrogens (primary N) is 1. The first-order valence-electron chi connectivity index (χ1n) is 5.01. The van der Waals surface area contributed by atoms with E-state index in [1.165, 1.54) is 5.56 Å². The summed E-state index contributed by atoms with van der Waals surface area (Å²) in [5.41, 5.74) is 6.74. The molecular weight excluding hydrogens is 258 g/mol.